The van der Waals surface area contributed by atoms with Gasteiger partial charge in [-0.05, 0) is 24.9 Å². The van der Waals surface area contributed by atoms with Gasteiger partial charge in [0, 0.05) is 26.2 Å². The highest BCUT2D eigenvalue weighted by molar-refractivity contribution is 7.80. The molecule has 2 heterocycles. The SMILES string of the molecule is CCCC(C(N)=S)N1CCN(C(=O)c2snnc2C)CC1. The van der Waals surface area contributed by atoms with Crippen molar-refractivity contribution in [3.8, 4) is 0 Å². The van der Waals surface area contributed by atoms with Gasteiger partial charge in [0.05, 0.1) is 16.7 Å². The van der Waals surface area contributed by atoms with Crippen LogP contribution in [-0.2, 0) is 0 Å². The van der Waals surface area contributed by atoms with Crippen molar-refractivity contribution in [2.75, 3.05) is 26.2 Å². The standard InChI is InChI=1S/C13H21N5OS2/c1-3-4-10(12(14)20)17-5-7-18(8-6-17)13(19)11-9(2)15-16-21-11/h10H,3-8H2,1-2H3,(H2,14,20). The Balaban J connectivity index is 1.95. The van der Waals surface area contributed by atoms with E-state index in [4.69, 9.17) is 18.0 Å². The van der Waals surface area contributed by atoms with E-state index in [0.717, 1.165) is 37.5 Å². The number of aromatic nitrogens is 2. The molecule has 1 aromatic heterocycles. The van der Waals surface area contributed by atoms with E-state index in [0.29, 0.717) is 28.6 Å². The maximum absolute atomic E-state index is 12.4. The molecule has 0 saturated carbocycles. The quantitative estimate of drug-likeness (QED) is 0.815. The fraction of sp³-hybridized carbons (Fsp3) is 0.692. The molecular formula is C13H21N5OS2. The van der Waals surface area contributed by atoms with Crippen molar-refractivity contribution in [2.45, 2.75) is 32.7 Å². The zero-order valence-corrected chi connectivity index (χ0v) is 14.0. The van der Waals surface area contributed by atoms with Crippen molar-refractivity contribution < 1.29 is 4.79 Å². The minimum Gasteiger partial charge on any atom is -0.392 e. The smallest absolute Gasteiger partial charge is 0.267 e. The zero-order valence-electron chi connectivity index (χ0n) is 12.4. The van der Waals surface area contributed by atoms with Gasteiger partial charge < -0.3 is 10.6 Å². The van der Waals surface area contributed by atoms with Crippen LogP contribution in [0.4, 0.5) is 0 Å². The Morgan fingerprint density at radius 2 is 2.10 bits per heavy atom. The zero-order chi connectivity index (χ0) is 15.4. The summed E-state index contributed by atoms with van der Waals surface area (Å²) in [6, 6.07) is 0.147. The van der Waals surface area contributed by atoms with Crippen molar-refractivity contribution >= 4 is 34.6 Å². The lowest BCUT2D eigenvalue weighted by Gasteiger charge is -2.38. The molecule has 1 atom stereocenters. The van der Waals surface area contributed by atoms with Gasteiger partial charge in [-0.15, -0.1) is 5.10 Å². The van der Waals surface area contributed by atoms with Gasteiger partial charge in [-0.25, -0.2) is 0 Å². The summed E-state index contributed by atoms with van der Waals surface area (Å²) < 4.78 is 3.83. The van der Waals surface area contributed by atoms with Crippen LogP contribution < -0.4 is 5.73 Å². The largest absolute Gasteiger partial charge is 0.392 e. The van der Waals surface area contributed by atoms with Crippen molar-refractivity contribution in [2.24, 2.45) is 5.73 Å². The van der Waals surface area contributed by atoms with Crippen LogP contribution in [0.25, 0.3) is 0 Å². The molecule has 8 heteroatoms. The molecule has 1 unspecified atom stereocenters. The van der Waals surface area contributed by atoms with Crippen molar-refractivity contribution in [1.82, 2.24) is 19.4 Å². The highest BCUT2D eigenvalue weighted by atomic mass is 32.1. The predicted octanol–water partition coefficient (Wildman–Crippen LogP) is 1.06. The van der Waals surface area contributed by atoms with Gasteiger partial charge in [0.2, 0.25) is 0 Å². The summed E-state index contributed by atoms with van der Waals surface area (Å²) >= 11 is 6.33. The first-order valence-corrected chi connectivity index (χ1v) is 8.34. The molecule has 1 aliphatic rings. The third-order valence-electron chi connectivity index (χ3n) is 3.78. The van der Waals surface area contributed by atoms with E-state index in [2.05, 4.69) is 21.4 Å². The summed E-state index contributed by atoms with van der Waals surface area (Å²) in [7, 11) is 0. The van der Waals surface area contributed by atoms with Gasteiger partial charge in [0.25, 0.3) is 5.91 Å². The van der Waals surface area contributed by atoms with Crippen molar-refractivity contribution in [3.05, 3.63) is 10.6 Å². The van der Waals surface area contributed by atoms with E-state index in [1.807, 2.05) is 11.8 Å². The van der Waals surface area contributed by atoms with Crippen LogP contribution in [0.2, 0.25) is 0 Å². The Morgan fingerprint density at radius 3 is 2.57 bits per heavy atom. The Morgan fingerprint density at radius 1 is 1.43 bits per heavy atom. The first kappa shape index (κ1) is 16.3. The molecule has 1 amide bonds. The molecule has 2 N–H and O–H groups in total. The molecule has 6 nitrogen and oxygen atoms in total. The average Bonchev–Trinajstić information content (AvgIpc) is 2.90. The number of aryl methyl sites for hydroxylation is 1. The number of rotatable bonds is 5. The van der Waals surface area contributed by atoms with Gasteiger partial charge in [0.1, 0.15) is 4.88 Å². The van der Waals surface area contributed by atoms with E-state index in [-0.39, 0.29) is 11.9 Å². The number of carbonyl (C=O) groups excluding carboxylic acids is 1. The second-order valence-corrected chi connectivity index (χ2v) is 6.45. The lowest BCUT2D eigenvalue weighted by molar-refractivity contribution is 0.0612. The third kappa shape index (κ3) is 3.75. The lowest BCUT2D eigenvalue weighted by Crippen LogP contribution is -2.54. The second kappa shape index (κ2) is 7.24. The van der Waals surface area contributed by atoms with E-state index in [9.17, 15) is 4.79 Å². The Kier molecular flexibility index (Phi) is 5.60. The molecule has 2 rings (SSSR count). The third-order valence-corrected chi connectivity index (χ3v) is 4.87. The first-order chi connectivity index (χ1) is 10.0. The molecule has 21 heavy (non-hydrogen) atoms. The molecule has 0 spiro atoms. The fourth-order valence-electron chi connectivity index (χ4n) is 2.59. The molecule has 0 bridgehead atoms. The summed E-state index contributed by atoms with van der Waals surface area (Å²) in [6.07, 6.45) is 2.02. The number of amides is 1. The number of nitrogens with zero attached hydrogens (tertiary/aromatic N) is 4. The fourth-order valence-corrected chi connectivity index (χ4v) is 3.48. The van der Waals surface area contributed by atoms with E-state index in [1.54, 1.807) is 0 Å². The van der Waals surface area contributed by atoms with Crippen LogP contribution in [0, 0.1) is 6.92 Å². The molecule has 1 aliphatic heterocycles. The van der Waals surface area contributed by atoms with Gasteiger partial charge in [-0.2, -0.15) is 0 Å². The molecule has 1 saturated heterocycles. The van der Waals surface area contributed by atoms with Gasteiger partial charge in [0.15, 0.2) is 0 Å². The van der Waals surface area contributed by atoms with Crippen LogP contribution >= 0.6 is 23.8 Å². The molecule has 1 fully saturated rings. The molecule has 0 radical (unpaired) electrons. The number of hydrogen-bond donors (Lipinski definition) is 1. The monoisotopic (exact) mass is 327 g/mol. The van der Waals surface area contributed by atoms with Crippen molar-refractivity contribution in [3.63, 3.8) is 0 Å². The van der Waals surface area contributed by atoms with Gasteiger partial charge in [-0.1, -0.05) is 30.1 Å². The Bertz CT molecular complexity index is 510. The van der Waals surface area contributed by atoms with Crippen LogP contribution in [0.1, 0.15) is 35.1 Å². The second-order valence-electron chi connectivity index (χ2n) is 5.22. The van der Waals surface area contributed by atoms with Crippen LogP contribution in [0.5, 0.6) is 0 Å². The first-order valence-electron chi connectivity index (χ1n) is 7.16. The summed E-state index contributed by atoms with van der Waals surface area (Å²) in [5, 5.41) is 3.90. The maximum atomic E-state index is 12.4. The minimum absolute atomic E-state index is 0.0320. The number of thiocarbonyl (C=S) groups is 1. The molecule has 0 aromatic carbocycles. The van der Waals surface area contributed by atoms with Gasteiger partial charge >= 0.3 is 0 Å². The van der Waals surface area contributed by atoms with E-state index < -0.39 is 0 Å². The molecular weight excluding hydrogens is 306 g/mol. The molecule has 116 valence electrons. The molecule has 0 aliphatic carbocycles. The van der Waals surface area contributed by atoms with Gasteiger partial charge in [-0.3, -0.25) is 9.69 Å². The maximum Gasteiger partial charge on any atom is 0.267 e. The minimum atomic E-state index is 0.0320. The van der Waals surface area contributed by atoms with E-state index in [1.165, 1.54) is 0 Å². The normalized spacial score (nSPS) is 17.7. The number of carbonyl (C=O) groups is 1. The number of piperazine rings is 1. The number of nitrogens with two attached hydrogens (primary N) is 1. The van der Waals surface area contributed by atoms with Crippen LogP contribution in [0.15, 0.2) is 0 Å². The lowest BCUT2D eigenvalue weighted by atomic mass is 10.1. The topological polar surface area (TPSA) is 75.3 Å². The predicted molar refractivity (Wildman–Crippen MR) is 87.6 cm³/mol. The van der Waals surface area contributed by atoms with Crippen LogP contribution in [-0.4, -0.2) is 62.5 Å². The summed E-state index contributed by atoms with van der Waals surface area (Å²) in [6.45, 7) is 6.94. The summed E-state index contributed by atoms with van der Waals surface area (Å²) in [5.74, 6) is 0.0320. The highest BCUT2D eigenvalue weighted by Crippen LogP contribution is 2.16. The summed E-state index contributed by atoms with van der Waals surface area (Å²) in [5.41, 5.74) is 6.55. The van der Waals surface area contributed by atoms with Crippen molar-refractivity contribution in [1.29, 1.82) is 0 Å². The van der Waals surface area contributed by atoms with Crippen LogP contribution in [0.3, 0.4) is 0 Å². The summed E-state index contributed by atoms with van der Waals surface area (Å²) in [4.78, 5) is 17.7. The Labute approximate surface area is 134 Å². The molecule has 1 aromatic rings. The highest BCUT2D eigenvalue weighted by Gasteiger charge is 2.28. The number of hydrogen-bond acceptors (Lipinski definition) is 6. The Hall–Kier alpha value is -1.12. The van der Waals surface area contributed by atoms with E-state index >= 15 is 0 Å². The average molecular weight is 327 g/mol.